The first kappa shape index (κ1) is 13.6. The van der Waals surface area contributed by atoms with E-state index in [2.05, 4.69) is 16.4 Å². The highest BCUT2D eigenvalue weighted by atomic mass is 16.7. The smallest absolute Gasteiger partial charge is 0.231 e. The van der Waals surface area contributed by atoms with E-state index in [4.69, 9.17) is 14.2 Å². The number of hydrogen-bond acceptors (Lipinski definition) is 5. The van der Waals surface area contributed by atoms with Gasteiger partial charge in [0.2, 0.25) is 6.79 Å². The van der Waals surface area contributed by atoms with Crippen molar-refractivity contribution in [1.29, 1.82) is 0 Å². The van der Waals surface area contributed by atoms with Gasteiger partial charge in [0.25, 0.3) is 0 Å². The maximum absolute atomic E-state index is 5.87. The number of rotatable bonds is 4. The van der Waals surface area contributed by atoms with Gasteiger partial charge in [0.1, 0.15) is 11.9 Å². The van der Waals surface area contributed by atoms with Crippen LogP contribution in [0.5, 0.6) is 11.5 Å². The van der Waals surface area contributed by atoms with Crippen LogP contribution in [-0.2, 0) is 18.3 Å². The highest BCUT2D eigenvalue weighted by molar-refractivity contribution is 5.48. The number of aromatic nitrogens is 2. The quantitative estimate of drug-likeness (QED) is 0.932. The number of aryl methyl sites for hydroxylation is 1. The number of nitrogens with one attached hydrogen (secondary N) is 1. The van der Waals surface area contributed by atoms with Crippen molar-refractivity contribution in [3.8, 4) is 11.5 Å². The second-order valence-corrected chi connectivity index (χ2v) is 5.61. The zero-order valence-electron chi connectivity index (χ0n) is 12.5. The Balaban J connectivity index is 1.48. The minimum Gasteiger partial charge on any atom is -0.454 e. The van der Waals surface area contributed by atoms with Gasteiger partial charge in [-0.1, -0.05) is 12.1 Å². The molecule has 2 aliphatic heterocycles. The van der Waals surface area contributed by atoms with Crippen molar-refractivity contribution < 1.29 is 14.2 Å². The van der Waals surface area contributed by atoms with E-state index in [1.165, 1.54) is 0 Å². The van der Waals surface area contributed by atoms with Gasteiger partial charge in [-0.05, 0) is 12.5 Å². The van der Waals surface area contributed by atoms with E-state index in [0.717, 1.165) is 42.5 Å². The van der Waals surface area contributed by atoms with Crippen LogP contribution >= 0.6 is 0 Å². The number of ether oxygens (including phenoxy) is 3. The molecule has 6 nitrogen and oxygen atoms in total. The van der Waals surface area contributed by atoms with Gasteiger partial charge >= 0.3 is 0 Å². The van der Waals surface area contributed by atoms with Gasteiger partial charge in [-0.3, -0.25) is 0 Å². The van der Waals surface area contributed by atoms with E-state index >= 15 is 0 Å². The topological polar surface area (TPSA) is 57.5 Å². The second kappa shape index (κ2) is 5.62. The summed E-state index contributed by atoms with van der Waals surface area (Å²) in [5.74, 6) is 2.64. The summed E-state index contributed by atoms with van der Waals surface area (Å²) in [7, 11) is 2.00. The second-order valence-electron chi connectivity index (χ2n) is 5.61. The average Bonchev–Trinajstić information content (AvgIpc) is 3.24. The van der Waals surface area contributed by atoms with Gasteiger partial charge in [-0.15, -0.1) is 0 Å². The van der Waals surface area contributed by atoms with Crippen LogP contribution in [0.4, 0.5) is 0 Å². The SMILES string of the molecule is Cn1ccnc1[C@H]1OCC[C@@H]1NCc1cccc2c1OCO2. The Hall–Kier alpha value is -2.05. The van der Waals surface area contributed by atoms with Gasteiger partial charge in [0.15, 0.2) is 11.5 Å². The van der Waals surface area contributed by atoms with Crippen molar-refractivity contribution in [1.82, 2.24) is 14.9 Å². The van der Waals surface area contributed by atoms with Crippen molar-refractivity contribution in [2.24, 2.45) is 7.05 Å². The maximum Gasteiger partial charge on any atom is 0.231 e. The van der Waals surface area contributed by atoms with Crippen LogP contribution < -0.4 is 14.8 Å². The molecule has 0 unspecified atom stereocenters. The molecule has 4 rings (SSSR count). The summed E-state index contributed by atoms with van der Waals surface area (Å²) < 4.78 is 18.9. The zero-order chi connectivity index (χ0) is 14.9. The summed E-state index contributed by atoms with van der Waals surface area (Å²) in [6, 6.07) is 6.23. The molecular weight excluding hydrogens is 282 g/mol. The molecule has 0 bridgehead atoms. The molecule has 0 spiro atoms. The van der Waals surface area contributed by atoms with Crippen molar-refractivity contribution in [3.05, 3.63) is 42.0 Å². The van der Waals surface area contributed by atoms with E-state index in [1.54, 1.807) is 0 Å². The predicted octanol–water partition coefficient (Wildman–Crippen LogP) is 1.77. The minimum atomic E-state index is -0.00562. The van der Waals surface area contributed by atoms with E-state index in [-0.39, 0.29) is 12.1 Å². The molecule has 1 N–H and O–H groups in total. The lowest BCUT2D eigenvalue weighted by molar-refractivity contribution is 0.0892. The highest BCUT2D eigenvalue weighted by Crippen LogP contribution is 2.36. The summed E-state index contributed by atoms with van der Waals surface area (Å²) in [5.41, 5.74) is 1.11. The van der Waals surface area contributed by atoms with Crippen molar-refractivity contribution in [2.75, 3.05) is 13.4 Å². The lowest BCUT2D eigenvalue weighted by Gasteiger charge is -2.20. The number of nitrogens with zero attached hydrogens (tertiary/aromatic N) is 2. The molecule has 1 aromatic carbocycles. The Labute approximate surface area is 129 Å². The van der Waals surface area contributed by atoms with E-state index in [1.807, 2.05) is 36.1 Å². The molecule has 1 aromatic heterocycles. The van der Waals surface area contributed by atoms with Gasteiger partial charge in [0, 0.05) is 44.2 Å². The molecule has 2 aromatic rings. The molecular formula is C16H19N3O3. The fraction of sp³-hybridized carbons (Fsp3) is 0.438. The summed E-state index contributed by atoms with van der Waals surface area (Å²) in [6.07, 6.45) is 4.73. The number of para-hydroxylation sites is 1. The van der Waals surface area contributed by atoms with Crippen molar-refractivity contribution in [2.45, 2.75) is 25.1 Å². The molecule has 1 saturated heterocycles. The molecule has 6 heteroatoms. The first-order valence-corrected chi connectivity index (χ1v) is 7.52. The van der Waals surface area contributed by atoms with Crippen LogP contribution in [0.15, 0.2) is 30.6 Å². The Morgan fingerprint density at radius 3 is 3.18 bits per heavy atom. The Kier molecular flexibility index (Phi) is 3.48. The van der Waals surface area contributed by atoms with Gasteiger partial charge in [-0.2, -0.15) is 0 Å². The highest BCUT2D eigenvalue weighted by Gasteiger charge is 2.32. The summed E-state index contributed by atoms with van der Waals surface area (Å²) in [6.45, 7) is 1.78. The van der Waals surface area contributed by atoms with Gasteiger partial charge in [-0.25, -0.2) is 4.98 Å². The maximum atomic E-state index is 5.87. The third-order valence-electron chi connectivity index (χ3n) is 4.24. The zero-order valence-corrected chi connectivity index (χ0v) is 12.5. The van der Waals surface area contributed by atoms with E-state index in [0.29, 0.717) is 6.79 Å². The van der Waals surface area contributed by atoms with Crippen LogP contribution in [0.25, 0.3) is 0 Å². The summed E-state index contributed by atoms with van der Waals surface area (Å²) >= 11 is 0. The fourth-order valence-corrected chi connectivity index (χ4v) is 3.08. The lowest BCUT2D eigenvalue weighted by atomic mass is 10.1. The van der Waals surface area contributed by atoms with Crippen LogP contribution in [0, 0.1) is 0 Å². The third kappa shape index (κ3) is 2.34. The number of hydrogen-bond donors (Lipinski definition) is 1. The normalized spacial score (nSPS) is 23.1. The summed E-state index contributed by atoms with van der Waals surface area (Å²) in [5, 5.41) is 3.58. The molecule has 0 radical (unpaired) electrons. The standard InChI is InChI=1S/C16H19N3O3/c1-19-7-6-17-16(19)15-12(5-8-20-15)18-9-11-3-2-4-13-14(11)22-10-21-13/h2-4,6-7,12,15,18H,5,8-10H2,1H3/t12-,15-/m0/s1. The Morgan fingerprint density at radius 2 is 2.32 bits per heavy atom. The molecule has 3 heterocycles. The van der Waals surface area contributed by atoms with Crippen molar-refractivity contribution >= 4 is 0 Å². The van der Waals surface area contributed by atoms with Crippen LogP contribution in [0.3, 0.4) is 0 Å². The van der Waals surface area contributed by atoms with E-state index in [9.17, 15) is 0 Å². The molecule has 22 heavy (non-hydrogen) atoms. The van der Waals surface area contributed by atoms with Crippen molar-refractivity contribution in [3.63, 3.8) is 0 Å². The monoisotopic (exact) mass is 301 g/mol. The first-order chi connectivity index (χ1) is 10.8. The molecule has 2 aliphatic rings. The molecule has 1 fully saturated rings. The molecule has 2 atom stereocenters. The van der Waals surface area contributed by atoms with Gasteiger partial charge < -0.3 is 24.1 Å². The Morgan fingerprint density at radius 1 is 1.36 bits per heavy atom. The molecule has 116 valence electrons. The van der Waals surface area contributed by atoms with Crippen LogP contribution in [0.1, 0.15) is 23.9 Å². The van der Waals surface area contributed by atoms with Gasteiger partial charge in [0.05, 0.1) is 0 Å². The largest absolute Gasteiger partial charge is 0.454 e. The molecule has 0 aliphatic carbocycles. The van der Waals surface area contributed by atoms with E-state index < -0.39 is 0 Å². The molecule has 0 amide bonds. The third-order valence-corrected chi connectivity index (χ3v) is 4.24. The lowest BCUT2D eigenvalue weighted by Crippen LogP contribution is -2.32. The van der Waals surface area contributed by atoms with Crippen LogP contribution in [-0.4, -0.2) is 29.0 Å². The number of fused-ring (bicyclic) bond motifs is 1. The fourth-order valence-electron chi connectivity index (χ4n) is 3.08. The average molecular weight is 301 g/mol. The first-order valence-electron chi connectivity index (χ1n) is 7.52. The predicted molar refractivity (Wildman–Crippen MR) is 79.7 cm³/mol. The Bertz CT molecular complexity index is 670. The molecule has 0 saturated carbocycles. The summed E-state index contributed by atoms with van der Waals surface area (Å²) in [4.78, 5) is 4.41. The van der Waals surface area contributed by atoms with Crippen LogP contribution in [0.2, 0.25) is 0 Å². The number of imidazole rings is 1. The minimum absolute atomic E-state index is 0.00562. The number of benzene rings is 1.